The summed E-state index contributed by atoms with van der Waals surface area (Å²) >= 11 is 0. The van der Waals surface area contributed by atoms with Crippen molar-refractivity contribution in [2.75, 3.05) is 19.1 Å². The minimum Gasteiger partial charge on any atom is -0.497 e. The van der Waals surface area contributed by atoms with Crippen LogP contribution in [0.5, 0.6) is 5.75 Å². The summed E-state index contributed by atoms with van der Waals surface area (Å²) in [6, 6.07) is 11.4. The van der Waals surface area contributed by atoms with E-state index < -0.39 is 21.8 Å². The van der Waals surface area contributed by atoms with Gasteiger partial charge in [-0.05, 0) is 60.5 Å². The minimum atomic E-state index is -4.47. The maximum absolute atomic E-state index is 13.2. The number of rotatable bonds is 6. The fourth-order valence-corrected chi connectivity index (χ4v) is 5.54. The van der Waals surface area contributed by atoms with Crippen LogP contribution in [0.3, 0.4) is 0 Å². The van der Waals surface area contributed by atoms with Crippen LogP contribution in [0.4, 0.5) is 18.9 Å². The molecular weight excluding hydrogens is 469 g/mol. The van der Waals surface area contributed by atoms with E-state index in [1.165, 1.54) is 34.5 Å². The first kappa shape index (κ1) is 24.0. The highest BCUT2D eigenvalue weighted by atomic mass is 32.2. The lowest BCUT2D eigenvalue weighted by Gasteiger charge is -2.26. The summed E-state index contributed by atoms with van der Waals surface area (Å²) in [4.78, 5) is 14.2. The predicted molar refractivity (Wildman–Crippen MR) is 121 cm³/mol. The second-order valence-electron chi connectivity index (χ2n) is 8.21. The number of hydrogen-bond acceptors (Lipinski definition) is 4. The number of alkyl halides is 3. The highest BCUT2D eigenvalue weighted by Gasteiger charge is 2.40. The number of sulfonamides is 1. The average molecular weight is 493 g/mol. The first-order chi connectivity index (χ1) is 16.0. The van der Waals surface area contributed by atoms with Crippen molar-refractivity contribution in [3.8, 4) is 5.75 Å². The maximum Gasteiger partial charge on any atom is 0.416 e. The molecule has 1 aliphatic heterocycles. The van der Waals surface area contributed by atoms with Crippen LogP contribution >= 0.6 is 0 Å². The Hall–Kier alpha value is -3.11. The van der Waals surface area contributed by atoms with Crippen molar-refractivity contribution in [1.29, 1.82) is 0 Å². The number of anilines is 1. The zero-order valence-corrected chi connectivity index (χ0v) is 19.4. The molecule has 6 nitrogen and oxygen atoms in total. The molecule has 4 rings (SSSR count). The number of carbonyl (C=O) groups is 1. The van der Waals surface area contributed by atoms with E-state index in [-0.39, 0.29) is 36.1 Å². The van der Waals surface area contributed by atoms with Gasteiger partial charge in [-0.3, -0.25) is 9.69 Å². The van der Waals surface area contributed by atoms with E-state index in [9.17, 15) is 26.4 Å². The first-order valence-electron chi connectivity index (χ1n) is 10.5. The molecule has 1 saturated heterocycles. The Morgan fingerprint density at radius 2 is 1.68 bits per heavy atom. The summed E-state index contributed by atoms with van der Waals surface area (Å²) in [6.45, 7) is 0.168. The smallest absolute Gasteiger partial charge is 0.416 e. The van der Waals surface area contributed by atoms with Crippen LogP contribution in [0.1, 0.15) is 24.0 Å². The maximum atomic E-state index is 13.2. The van der Waals surface area contributed by atoms with Gasteiger partial charge < -0.3 is 4.74 Å². The third-order valence-corrected chi connectivity index (χ3v) is 7.91. The molecule has 1 amide bonds. The minimum absolute atomic E-state index is 0.0852. The van der Waals surface area contributed by atoms with Gasteiger partial charge in [-0.2, -0.15) is 17.5 Å². The van der Waals surface area contributed by atoms with Gasteiger partial charge >= 0.3 is 6.18 Å². The van der Waals surface area contributed by atoms with Crippen molar-refractivity contribution in [2.24, 2.45) is 5.92 Å². The monoisotopic (exact) mass is 492 g/mol. The van der Waals surface area contributed by atoms with E-state index in [0.29, 0.717) is 17.1 Å². The van der Waals surface area contributed by atoms with Gasteiger partial charge in [-0.1, -0.05) is 12.1 Å². The number of fused-ring (bicyclic) bond motifs is 1. The molecule has 34 heavy (non-hydrogen) atoms. The Balaban J connectivity index is 1.54. The standard InChI is InChI=1S/C24H23F3N2O4S/c1-28(15-16-3-9-20(33-2)10-4-16)34(31,32)21-11-12-22-17(13-21)14-23(30)29(22)19-7-5-18(6-8-19)24(25,26)27/h3-12,17H,13-15H2,1-2H3. The average Bonchev–Trinajstić information content (AvgIpc) is 3.13. The Morgan fingerprint density at radius 1 is 1.03 bits per heavy atom. The van der Waals surface area contributed by atoms with E-state index in [2.05, 4.69) is 0 Å². The molecule has 10 heteroatoms. The number of amides is 1. The van der Waals surface area contributed by atoms with Crippen LogP contribution in [-0.4, -0.2) is 32.8 Å². The predicted octanol–water partition coefficient (Wildman–Crippen LogP) is 4.70. The Bertz CT molecular complexity index is 1250. The van der Waals surface area contributed by atoms with E-state index in [1.807, 2.05) is 0 Å². The van der Waals surface area contributed by atoms with Crippen molar-refractivity contribution in [3.05, 3.63) is 82.4 Å². The first-order valence-corrected chi connectivity index (χ1v) is 11.9. The Kier molecular flexibility index (Phi) is 6.30. The largest absolute Gasteiger partial charge is 0.497 e. The highest BCUT2D eigenvalue weighted by molar-refractivity contribution is 7.93. The van der Waals surface area contributed by atoms with Crippen LogP contribution in [-0.2, 0) is 27.5 Å². The van der Waals surface area contributed by atoms with Crippen LogP contribution in [0.2, 0.25) is 0 Å². The topological polar surface area (TPSA) is 66.9 Å². The lowest BCUT2D eigenvalue weighted by molar-refractivity contribution is -0.137. The van der Waals surface area contributed by atoms with Gasteiger partial charge in [0, 0.05) is 37.3 Å². The van der Waals surface area contributed by atoms with E-state index in [1.54, 1.807) is 37.5 Å². The van der Waals surface area contributed by atoms with Crippen LogP contribution in [0.25, 0.3) is 0 Å². The highest BCUT2D eigenvalue weighted by Crippen LogP contribution is 2.42. The molecule has 0 spiro atoms. The molecule has 2 aromatic rings. The molecule has 2 aromatic carbocycles. The molecule has 0 saturated carbocycles. The zero-order valence-electron chi connectivity index (χ0n) is 18.5. The third kappa shape index (κ3) is 4.60. The summed E-state index contributed by atoms with van der Waals surface area (Å²) in [5, 5.41) is 0. The summed E-state index contributed by atoms with van der Waals surface area (Å²) in [7, 11) is -0.727. The number of methoxy groups -OCH3 is 1. The number of carbonyl (C=O) groups excluding carboxylic acids is 1. The van der Waals surface area contributed by atoms with Gasteiger partial charge in [-0.15, -0.1) is 0 Å². The zero-order chi connectivity index (χ0) is 24.7. The molecule has 0 aromatic heterocycles. The quantitative estimate of drug-likeness (QED) is 0.586. The fraction of sp³-hybridized carbons (Fsp3) is 0.292. The SMILES string of the molecule is COc1ccc(CN(C)S(=O)(=O)C2=CC=C3C(CC(=O)N3c3ccc(C(F)(F)F)cc3)C2)cc1. The fourth-order valence-electron chi connectivity index (χ4n) is 4.17. The lowest BCUT2D eigenvalue weighted by atomic mass is 9.96. The van der Waals surface area contributed by atoms with Gasteiger partial charge in [0.25, 0.3) is 0 Å². The van der Waals surface area contributed by atoms with Crippen molar-refractivity contribution >= 4 is 21.6 Å². The van der Waals surface area contributed by atoms with Crippen LogP contribution in [0, 0.1) is 5.92 Å². The summed E-state index contributed by atoms with van der Waals surface area (Å²) in [5.74, 6) is 0.0269. The molecule has 0 radical (unpaired) electrons. The molecule has 1 heterocycles. The molecule has 1 unspecified atom stereocenters. The van der Waals surface area contributed by atoms with Gasteiger partial charge in [0.15, 0.2) is 0 Å². The number of ether oxygens (including phenoxy) is 1. The molecule has 180 valence electrons. The summed E-state index contributed by atoms with van der Waals surface area (Å²) < 4.78 is 71.3. The Morgan fingerprint density at radius 3 is 2.26 bits per heavy atom. The molecule has 0 N–H and O–H groups in total. The Labute approximate surface area is 196 Å². The van der Waals surface area contributed by atoms with Gasteiger partial charge in [0.1, 0.15) is 5.75 Å². The number of nitrogens with zero attached hydrogens (tertiary/aromatic N) is 2. The summed E-state index contributed by atoms with van der Waals surface area (Å²) in [6.07, 6.45) is -1.19. The summed E-state index contributed by atoms with van der Waals surface area (Å²) in [5.41, 5.74) is 0.902. The van der Waals surface area contributed by atoms with Gasteiger partial charge in [-0.25, -0.2) is 8.42 Å². The van der Waals surface area contributed by atoms with Crippen LogP contribution in [0.15, 0.2) is 71.3 Å². The number of hydrogen-bond donors (Lipinski definition) is 0. The van der Waals surface area contributed by atoms with Gasteiger partial charge in [0.2, 0.25) is 15.9 Å². The molecule has 2 aliphatic rings. The second-order valence-corrected chi connectivity index (χ2v) is 10.3. The number of halogens is 3. The van der Waals surface area contributed by atoms with Crippen molar-refractivity contribution < 1.29 is 31.1 Å². The molecule has 1 atom stereocenters. The van der Waals surface area contributed by atoms with E-state index >= 15 is 0 Å². The van der Waals surface area contributed by atoms with Gasteiger partial charge in [0.05, 0.1) is 17.6 Å². The normalized spacial score (nSPS) is 18.6. The molecular formula is C24H23F3N2O4S. The lowest BCUT2D eigenvalue weighted by Crippen LogP contribution is -2.29. The van der Waals surface area contributed by atoms with Crippen molar-refractivity contribution in [3.63, 3.8) is 0 Å². The molecule has 0 bridgehead atoms. The molecule has 1 fully saturated rings. The van der Waals surface area contributed by atoms with Crippen LogP contribution < -0.4 is 9.64 Å². The van der Waals surface area contributed by atoms with E-state index in [0.717, 1.165) is 17.7 Å². The van der Waals surface area contributed by atoms with E-state index in [4.69, 9.17) is 4.74 Å². The van der Waals surface area contributed by atoms with Crippen molar-refractivity contribution in [1.82, 2.24) is 4.31 Å². The second kappa shape index (κ2) is 8.92. The number of allylic oxidation sites excluding steroid dienone is 4. The third-order valence-electron chi connectivity index (χ3n) is 5.99. The molecule has 1 aliphatic carbocycles. The van der Waals surface area contributed by atoms with Crippen molar-refractivity contribution in [2.45, 2.75) is 25.6 Å². The number of benzene rings is 2.